The van der Waals surface area contributed by atoms with Crippen molar-refractivity contribution in [1.29, 1.82) is 0 Å². The minimum absolute atomic E-state index is 0.156. The van der Waals surface area contributed by atoms with E-state index in [1.54, 1.807) is 10.7 Å². The Balaban J connectivity index is 1.44. The fourth-order valence-electron chi connectivity index (χ4n) is 2.57. The zero-order valence-corrected chi connectivity index (χ0v) is 14.5. The molecule has 0 aliphatic rings. The molecule has 0 unspecified atom stereocenters. The van der Waals surface area contributed by atoms with Gasteiger partial charge in [-0.25, -0.2) is 9.50 Å². The maximum absolute atomic E-state index is 12.2. The fraction of sp³-hybridized carbons (Fsp3) is 0.333. The van der Waals surface area contributed by atoms with Gasteiger partial charge < -0.3 is 10.2 Å². The van der Waals surface area contributed by atoms with Crippen LogP contribution in [0.3, 0.4) is 0 Å². The van der Waals surface area contributed by atoms with E-state index >= 15 is 0 Å². The van der Waals surface area contributed by atoms with Crippen LogP contribution in [0.25, 0.3) is 5.78 Å². The molecule has 0 bridgehead atoms. The van der Waals surface area contributed by atoms with Crippen LogP contribution in [-0.4, -0.2) is 45.6 Å². The molecule has 0 fully saturated rings. The molecule has 2 aromatic heterocycles. The van der Waals surface area contributed by atoms with Gasteiger partial charge in [-0.1, -0.05) is 18.2 Å². The number of aryl methyl sites for hydroxylation is 1. The van der Waals surface area contributed by atoms with Crippen molar-refractivity contribution in [2.75, 3.05) is 25.0 Å². The van der Waals surface area contributed by atoms with Crippen LogP contribution in [0.5, 0.6) is 0 Å². The number of amides is 1. The molecule has 7 heteroatoms. The van der Waals surface area contributed by atoms with E-state index in [1.165, 1.54) is 5.69 Å². The van der Waals surface area contributed by atoms with Crippen LogP contribution in [-0.2, 0) is 0 Å². The zero-order valence-electron chi connectivity index (χ0n) is 14.5. The van der Waals surface area contributed by atoms with Gasteiger partial charge in [0.15, 0.2) is 0 Å². The molecule has 1 aromatic carbocycles. The second kappa shape index (κ2) is 7.74. The zero-order chi connectivity index (χ0) is 17.6. The van der Waals surface area contributed by atoms with Crippen molar-refractivity contribution in [3.05, 3.63) is 54.1 Å². The van der Waals surface area contributed by atoms with Gasteiger partial charge in [0, 0.05) is 37.7 Å². The Morgan fingerprint density at radius 1 is 1.20 bits per heavy atom. The van der Waals surface area contributed by atoms with Crippen molar-refractivity contribution in [2.45, 2.75) is 19.8 Å². The average Bonchev–Trinajstić information content (AvgIpc) is 3.08. The fourth-order valence-corrected chi connectivity index (χ4v) is 2.57. The lowest BCUT2D eigenvalue weighted by Crippen LogP contribution is -2.26. The Bertz CT molecular complexity index is 845. The van der Waals surface area contributed by atoms with Crippen molar-refractivity contribution in [3.63, 3.8) is 0 Å². The van der Waals surface area contributed by atoms with Gasteiger partial charge in [-0.05, 0) is 38.0 Å². The first-order chi connectivity index (χ1) is 12.1. The highest BCUT2D eigenvalue weighted by Crippen LogP contribution is 2.11. The maximum Gasteiger partial charge on any atom is 0.291 e. The standard InChI is InChI=1S/C18H22N6O/c1-14-10-12-20-18-21-16(22-24(14)18)17(25)19-11-6-7-13-23(2)15-8-4-3-5-9-15/h3-5,8-10,12H,6-7,11,13H2,1-2H3,(H,19,25). The van der Waals surface area contributed by atoms with Crippen LogP contribution >= 0.6 is 0 Å². The Kier molecular flexibility index (Phi) is 5.23. The number of fused-ring (bicyclic) bond motifs is 1. The molecule has 1 N–H and O–H groups in total. The van der Waals surface area contributed by atoms with E-state index in [-0.39, 0.29) is 11.7 Å². The van der Waals surface area contributed by atoms with Crippen LogP contribution in [0.4, 0.5) is 5.69 Å². The average molecular weight is 338 g/mol. The summed E-state index contributed by atoms with van der Waals surface area (Å²) >= 11 is 0. The number of carbonyl (C=O) groups is 1. The molecule has 2 heterocycles. The second-order valence-corrected chi connectivity index (χ2v) is 5.95. The number of benzene rings is 1. The van der Waals surface area contributed by atoms with Crippen molar-refractivity contribution in [3.8, 4) is 0 Å². The number of nitrogens with one attached hydrogen (secondary N) is 1. The number of rotatable bonds is 7. The number of carbonyl (C=O) groups excluding carboxylic acids is 1. The van der Waals surface area contributed by atoms with Gasteiger partial charge in [0.1, 0.15) is 0 Å². The molecular formula is C18H22N6O. The van der Waals surface area contributed by atoms with E-state index in [1.807, 2.05) is 31.2 Å². The summed E-state index contributed by atoms with van der Waals surface area (Å²) in [5.41, 5.74) is 2.09. The largest absolute Gasteiger partial charge is 0.375 e. The van der Waals surface area contributed by atoms with Crippen LogP contribution in [0, 0.1) is 6.92 Å². The molecule has 1 amide bonds. The molecular weight excluding hydrogens is 316 g/mol. The summed E-state index contributed by atoms with van der Waals surface area (Å²) < 4.78 is 1.57. The number of unbranched alkanes of at least 4 members (excludes halogenated alkanes) is 1. The molecule has 0 saturated heterocycles. The summed E-state index contributed by atoms with van der Waals surface area (Å²) in [6.45, 7) is 3.44. The molecule has 130 valence electrons. The number of hydrogen-bond donors (Lipinski definition) is 1. The topological polar surface area (TPSA) is 75.4 Å². The summed E-state index contributed by atoms with van der Waals surface area (Å²) in [5.74, 6) is 0.333. The van der Waals surface area contributed by atoms with Gasteiger partial charge >= 0.3 is 0 Å². The van der Waals surface area contributed by atoms with Crippen molar-refractivity contribution in [2.24, 2.45) is 0 Å². The molecule has 0 radical (unpaired) electrons. The third-order valence-corrected chi connectivity index (χ3v) is 4.04. The molecule has 0 spiro atoms. The Hall–Kier alpha value is -2.96. The lowest BCUT2D eigenvalue weighted by atomic mass is 10.2. The smallest absolute Gasteiger partial charge is 0.291 e. The van der Waals surface area contributed by atoms with Gasteiger partial charge in [-0.3, -0.25) is 4.79 Å². The van der Waals surface area contributed by atoms with Gasteiger partial charge in [-0.2, -0.15) is 4.98 Å². The molecule has 3 aromatic rings. The van der Waals surface area contributed by atoms with Crippen LogP contribution < -0.4 is 10.2 Å². The predicted molar refractivity (Wildman–Crippen MR) is 96.8 cm³/mol. The summed E-state index contributed by atoms with van der Waals surface area (Å²) in [5, 5.41) is 7.07. The summed E-state index contributed by atoms with van der Waals surface area (Å²) in [6, 6.07) is 12.1. The van der Waals surface area contributed by atoms with E-state index in [0.717, 1.165) is 25.1 Å². The molecule has 0 atom stereocenters. The highest BCUT2D eigenvalue weighted by Gasteiger charge is 2.13. The predicted octanol–water partition coefficient (Wildman–Crippen LogP) is 2.08. The van der Waals surface area contributed by atoms with Crippen LogP contribution in [0.15, 0.2) is 42.6 Å². The van der Waals surface area contributed by atoms with E-state index < -0.39 is 0 Å². The van der Waals surface area contributed by atoms with Gasteiger partial charge in [-0.15, -0.1) is 5.10 Å². The van der Waals surface area contributed by atoms with Gasteiger partial charge in [0.2, 0.25) is 5.82 Å². The molecule has 7 nitrogen and oxygen atoms in total. The highest BCUT2D eigenvalue weighted by molar-refractivity contribution is 5.90. The lowest BCUT2D eigenvalue weighted by Gasteiger charge is -2.18. The molecule has 0 aliphatic carbocycles. The van der Waals surface area contributed by atoms with Crippen LogP contribution in [0.2, 0.25) is 0 Å². The van der Waals surface area contributed by atoms with Crippen molar-refractivity contribution in [1.82, 2.24) is 24.9 Å². The minimum atomic E-state index is -0.263. The number of para-hydroxylation sites is 1. The maximum atomic E-state index is 12.2. The molecule has 3 rings (SSSR count). The van der Waals surface area contributed by atoms with Gasteiger partial charge in [0.05, 0.1) is 0 Å². The molecule has 25 heavy (non-hydrogen) atoms. The summed E-state index contributed by atoms with van der Waals surface area (Å²) in [7, 11) is 2.07. The molecule has 0 saturated carbocycles. The quantitative estimate of drug-likeness (QED) is 0.668. The van der Waals surface area contributed by atoms with E-state index in [9.17, 15) is 4.79 Å². The monoisotopic (exact) mass is 338 g/mol. The first-order valence-corrected chi connectivity index (χ1v) is 8.38. The number of hydrogen-bond acceptors (Lipinski definition) is 5. The lowest BCUT2D eigenvalue weighted by molar-refractivity contribution is 0.0943. The van der Waals surface area contributed by atoms with E-state index in [2.05, 4.69) is 44.5 Å². The minimum Gasteiger partial charge on any atom is -0.375 e. The van der Waals surface area contributed by atoms with Crippen molar-refractivity contribution < 1.29 is 4.79 Å². The van der Waals surface area contributed by atoms with E-state index in [0.29, 0.717) is 12.3 Å². The Morgan fingerprint density at radius 3 is 2.76 bits per heavy atom. The number of anilines is 1. The summed E-state index contributed by atoms with van der Waals surface area (Å²) in [6.07, 6.45) is 3.54. The molecule has 0 aliphatic heterocycles. The third-order valence-electron chi connectivity index (χ3n) is 4.04. The highest BCUT2D eigenvalue weighted by atomic mass is 16.2. The second-order valence-electron chi connectivity index (χ2n) is 5.95. The number of aromatic nitrogens is 4. The first kappa shape index (κ1) is 16.9. The van der Waals surface area contributed by atoms with Crippen LogP contribution in [0.1, 0.15) is 29.2 Å². The third kappa shape index (κ3) is 4.12. The van der Waals surface area contributed by atoms with Crippen molar-refractivity contribution >= 4 is 17.4 Å². The Morgan fingerprint density at radius 2 is 2.00 bits per heavy atom. The first-order valence-electron chi connectivity index (χ1n) is 8.38. The van der Waals surface area contributed by atoms with E-state index in [4.69, 9.17) is 0 Å². The summed E-state index contributed by atoms with van der Waals surface area (Å²) in [4.78, 5) is 22.6. The SMILES string of the molecule is Cc1ccnc2nc(C(=O)NCCCCN(C)c3ccccc3)nn12. The number of nitrogens with zero attached hydrogens (tertiary/aromatic N) is 5. The van der Waals surface area contributed by atoms with Gasteiger partial charge in [0.25, 0.3) is 11.7 Å². The Labute approximate surface area is 146 Å². The normalized spacial score (nSPS) is 10.8.